The van der Waals surface area contributed by atoms with Gasteiger partial charge in [0.25, 0.3) is 5.91 Å². The third-order valence-electron chi connectivity index (χ3n) is 4.06. The largest absolute Gasteiger partial charge is 0.493 e. The molecule has 27 heavy (non-hydrogen) atoms. The van der Waals surface area contributed by atoms with Gasteiger partial charge in [0.05, 0.1) is 12.2 Å². The fourth-order valence-corrected chi connectivity index (χ4v) is 3.01. The van der Waals surface area contributed by atoms with Crippen LogP contribution in [0.25, 0.3) is 0 Å². The van der Waals surface area contributed by atoms with Crippen molar-refractivity contribution in [2.24, 2.45) is 5.73 Å². The molecule has 2 amide bonds. The summed E-state index contributed by atoms with van der Waals surface area (Å²) in [5.74, 6) is -0.0439. The van der Waals surface area contributed by atoms with Crippen molar-refractivity contribution in [3.8, 4) is 5.75 Å². The lowest BCUT2D eigenvalue weighted by Crippen LogP contribution is -2.36. The van der Waals surface area contributed by atoms with Crippen LogP contribution in [0.15, 0.2) is 53.0 Å². The van der Waals surface area contributed by atoms with E-state index in [4.69, 9.17) is 10.5 Å². The Balaban J connectivity index is 2.21. The third kappa shape index (κ3) is 6.71. The SMILES string of the molecule is CCCOc1ccc(Br)cc1C(=O)N(CCC(N)=O)CCc1ccccc1. The summed E-state index contributed by atoms with van der Waals surface area (Å²) >= 11 is 3.42. The van der Waals surface area contributed by atoms with Crippen LogP contribution in [0.3, 0.4) is 0 Å². The highest BCUT2D eigenvalue weighted by atomic mass is 79.9. The second-order valence-corrected chi connectivity index (χ2v) is 7.15. The first-order valence-corrected chi connectivity index (χ1v) is 9.84. The van der Waals surface area contributed by atoms with E-state index >= 15 is 0 Å². The molecule has 0 atom stereocenters. The molecule has 2 N–H and O–H groups in total. The number of nitrogens with two attached hydrogens (primary N) is 1. The molecule has 0 saturated carbocycles. The van der Waals surface area contributed by atoms with Crippen LogP contribution in [0.4, 0.5) is 0 Å². The van der Waals surface area contributed by atoms with E-state index in [0.717, 1.165) is 16.5 Å². The molecule has 0 radical (unpaired) electrons. The van der Waals surface area contributed by atoms with Crippen molar-refractivity contribution in [1.29, 1.82) is 0 Å². The summed E-state index contributed by atoms with van der Waals surface area (Å²) in [6.07, 6.45) is 1.67. The minimum absolute atomic E-state index is 0.125. The van der Waals surface area contributed by atoms with Crippen molar-refractivity contribution >= 4 is 27.7 Å². The lowest BCUT2D eigenvalue weighted by molar-refractivity contribution is -0.118. The lowest BCUT2D eigenvalue weighted by atomic mass is 10.1. The van der Waals surface area contributed by atoms with Gasteiger partial charge in [-0.25, -0.2) is 0 Å². The van der Waals surface area contributed by atoms with Gasteiger partial charge in [0.1, 0.15) is 5.75 Å². The van der Waals surface area contributed by atoms with Gasteiger partial charge in [-0.15, -0.1) is 0 Å². The molecule has 2 rings (SSSR count). The highest BCUT2D eigenvalue weighted by Gasteiger charge is 2.21. The molecule has 0 aliphatic rings. The molecule has 0 unspecified atom stereocenters. The van der Waals surface area contributed by atoms with Crippen molar-refractivity contribution in [2.75, 3.05) is 19.7 Å². The Hall–Kier alpha value is -2.34. The molecule has 0 fully saturated rings. The summed E-state index contributed by atoms with van der Waals surface area (Å²) in [6, 6.07) is 15.3. The number of amides is 2. The summed E-state index contributed by atoms with van der Waals surface area (Å²) in [5.41, 5.74) is 6.91. The molecule has 0 saturated heterocycles. The van der Waals surface area contributed by atoms with Gasteiger partial charge in [-0.2, -0.15) is 0 Å². The monoisotopic (exact) mass is 432 g/mol. The van der Waals surface area contributed by atoms with Crippen LogP contribution in [0.2, 0.25) is 0 Å². The summed E-state index contributed by atoms with van der Waals surface area (Å²) in [7, 11) is 0. The van der Waals surface area contributed by atoms with Crippen molar-refractivity contribution in [3.63, 3.8) is 0 Å². The first-order valence-electron chi connectivity index (χ1n) is 9.05. The number of hydrogen-bond acceptors (Lipinski definition) is 3. The second kappa shape index (κ2) is 10.7. The number of rotatable bonds is 10. The average molecular weight is 433 g/mol. The summed E-state index contributed by atoms with van der Waals surface area (Å²) in [6.45, 7) is 3.32. The third-order valence-corrected chi connectivity index (χ3v) is 4.56. The smallest absolute Gasteiger partial charge is 0.257 e. The van der Waals surface area contributed by atoms with Crippen molar-refractivity contribution in [3.05, 3.63) is 64.1 Å². The number of hydrogen-bond donors (Lipinski definition) is 1. The van der Waals surface area contributed by atoms with Crippen LogP contribution in [0, 0.1) is 0 Å². The molecule has 5 nitrogen and oxygen atoms in total. The maximum absolute atomic E-state index is 13.2. The summed E-state index contributed by atoms with van der Waals surface area (Å²) in [5, 5.41) is 0. The molecule has 0 aliphatic heterocycles. The van der Waals surface area contributed by atoms with Crippen LogP contribution < -0.4 is 10.5 Å². The number of carbonyl (C=O) groups excluding carboxylic acids is 2. The molecular formula is C21H25BrN2O3. The fraction of sp³-hybridized carbons (Fsp3) is 0.333. The van der Waals surface area contributed by atoms with Crippen LogP contribution in [0.1, 0.15) is 35.7 Å². The van der Waals surface area contributed by atoms with Gasteiger partial charge in [0.2, 0.25) is 5.91 Å². The Labute approximate surface area is 168 Å². The van der Waals surface area contributed by atoms with Crippen LogP contribution in [0.5, 0.6) is 5.75 Å². The Kier molecular flexibility index (Phi) is 8.33. The zero-order valence-electron chi connectivity index (χ0n) is 15.5. The van der Waals surface area contributed by atoms with Crippen molar-refractivity contribution < 1.29 is 14.3 Å². The minimum atomic E-state index is -0.427. The second-order valence-electron chi connectivity index (χ2n) is 6.23. The van der Waals surface area contributed by atoms with Gasteiger partial charge in [-0.3, -0.25) is 9.59 Å². The number of carbonyl (C=O) groups is 2. The van der Waals surface area contributed by atoms with E-state index in [1.807, 2.05) is 43.3 Å². The van der Waals surface area contributed by atoms with Gasteiger partial charge in [-0.05, 0) is 36.6 Å². The van der Waals surface area contributed by atoms with Gasteiger partial charge in [-0.1, -0.05) is 53.2 Å². The molecule has 0 bridgehead atoms. The predicted molar refractivity (Wildman–Crippen MR) is 110 cm³/mol. The quantitative estimate of drug-likeness (QED) is 0.620. The van der Waals surface area contributed by atoms with E-state index in [1.54, 1.807) is 17.0 Å². The van der Waals surface area contributed by atoms with E-state index in [-0.39, 0.29) is 18.9 Å². The highest BCUT2D eigenvalue weighted by molar-refractivity contribution is 9.10. The molecule has 6 heteroatoms. The highest BCUT2D eigenvalue weighted by Crippen LogP contribution is 2.25. The molecular weight excluding hydrogens is 408 g/mol. The number of halogens is 1. The molecule has 0 heterocycles. The first kappa shape index (κ1) is 21.0. The van der Waals surface area contributed by atoms with Crippen molar-refractivity contribution in [1.82, 2.24) is 4.90 Å². The fourth-order valence-electron chi connectivity index (χ4n) is 2.65. The van der Waals surface area contributed by atoms with Crippen LogP contribution in [-0.4, -0.2) is 36.4 Å². The normalized spacial score (nSPS) is 10.4. The van der Waals surface area contributed by atoms with Gasteiger partial charge in [0.15, 0.2) is 0 Å². The lowest BCUT2D eigenvalue weighted by Gasteiger charge is -2.24. The van der Waals surface area contributed by atoms with Crippen LogP contribution >= 0.6 is 15.9 Å². The van der Waals surface area contributed by atoms with E-state index in [9.17, 15) is 9.59 Å². The zero-order chi connectivity index (χ0) is 19.6. The summed E-state index contributed by atoms with van der Waals surface area (Å²) in [4.78, 5) is 26.1. The van der Waals surface area contributed by atoms with Gasteiger partial charge < -0.3 is 15.4 Å². The van der Waals surface area contributed by atoms with Crippen molar-refractivity contribution in [2.45, 2.75) is 26.2 Å². The van der Waals surface area contributed by atoms with Crippen LogP contribution in [-0.2, 0) is 11.2 Å². The standard InChI is InChI=1S/C21H25BrN2O3/c1-2-14-27-19-9-8-17(22)15-18(19)21(26)24(13-11-20(23)25)12-10-16-6-4-3-5-7-16/h3-9,15H,2,10-14H2,1H3,(H2,23,25). The van der Waals surface area contributed by atoms with Gasteiger partial charge >= 0.3 is 0 Å². The van der Waals surface area contributed by atoms with E-state index in [0.29, 0.717) is 30.9 Å². The predicted octanol–water partition coefficient (Wildman–Crippen LogP) is 3.80. The minimum Gasteiger partial charge on any atom is -0.493 e. The zero-order valence-corrected chi connectivity index (χ0v) is 17.1. The van der Waals surface area contributed by atoms with E-state index in [2.05, 4.69) is 15.9 Å². The Morgan fingerprint density at radius 3 is 2.52 bits per heavy atom. The molecule has 0 aliphatic carbocycles. The maximum atomic E-state index is 13.2. The maximum Gasteiger partial charge on any atom is 0.257 e. The Bertz CT molecular complexity index is 765. The number of benzene rings is 2. The molecule has 0 spiro atoms. The molecule has 0 aromatic heterocycles. The number of primary amides is 1. The number of ether oxygens (including phenoxy) is 1. The topological polar surface area (TPSA) is 72.6 Å². The summed E-state index contributed by atoms with van der Waals surface area (Å²) < 4.78 is 6.54. The average Bonchev–Trinajstić information content (AvgIpc) is 2.67. The Morgan fingerprint density at radius 2 is 1.85 bits per heavy atom. The first-order chi connectivity index (χ1) is 13.0. The van der Waals surface area contributed by atoms with E-state index < -0.39 is 5.91 Å². The number of nitrogens with zero attached hydrogens (tertiary/aromatic N) is 1. The molecule has 2 aromatic rings. The van der Waals surface area contributed by atoms with Gasteiger partial charge in [0, 0.05) is 24.0 Å². The van der Waals surface area contributed by atoms with E-state index in [1.165, 1.54) is 0 Å². The molecule has 144 valence electrons. The molecule has 2 aromatic carbocycles. The Morgan fingerprint density at radius 1 is 1.11 bits per heavy atom.